The van der Waals surface area contributed by atoms with Crippen LogP contribution >= 0.6 is 0 Å². The van der Waals surface area contributed by atoms with Gasteiger partial charge in [0.2, 0.25) is 0 Å². The van der Waals surface area contributed by atoms with Crippen LogP contribution in [0.15, 0.2) is 18.3 Å². The zero-order valence-corrected chi connectivity index (χ0v) is 8.40. The summed E-state index contributed by atoms with van der Waals surface area (Å²) >= 11 is 0. The molecular formula is C11H16N2O. The molecule has 1 fully saturated rings. The van der Waals surface area contributed by atoms with Crippen LogP contribution in [-0.2, 0) is 6.54 Å². The van der Waals surface area contributed by atoms with Crippen molar-refractivity contribution in [3.05, 3.63) is 29.6 Å². The maximum atomic E-state index is 9.38. The number of nitrogens with one attached hydrogen (secondary N) is 1. The molecule has 0 aliphatic heterocycles. The Morgan fingerprint density at radius 2 is 2.43 bits per heavy atom. The van der Waals surface area contributed by atoms with E-state index in [1.165, 1.54) is 5.56 Å². The van der Waals surface area contributed by atoms with Gasteiger partial charge >= 0.3 is 0 Å². The van der Waals surface area contributed by atoms with Gasteiger partial charge in [-0.05, 0) is 31.4 Å². The number of aromatic nitrogens is 1. The van der Waals surface area contributed by atoms with Crippen LogP contribution in [0.4, 0.5) is 0 Å². The molecule has 3 heteroatoms. The molecule has 2 rings (SSSR count). The Morgan fingerprint density at radius 3 is 3.00 bits per heavy atom. The normalized spacial score (nSPS) is 25.9. The fourth-order valence-corrected chi connectivity index (χ4v) is 1.67. The van der Waals surface area contributed by atoms with Gasteiger partial charge < -0.3 is 10.4 Å². The number of aryl methyl sites for hydroxylation is 1. The summed E-state index contributed by atoms with van der Waals surface area (Å²) in [6.45, 7) is 2.82. The topological polar surface area (TPSA) is 45.2 Å². The molecule has 2 atom stereocenters. The fourth-order valence-electron chi connectivity index (χ4n) is 1.67. The molecule has 0 aromatic carbocycles. The summed E-state index contributed by atoms with van der Waals surface area (Å²) in [6.07, 6.45) is 3.67. The molecule has 1 aliphatic carbocycles. The highest BCUT2D eigenvalue weighted by molar-refractivity contribution is 5.18. The largest absolute Gasteiger partial charge is 0.392 e. The van der Waals surface area contributed by atoms with Gasteiger partial charge in [0.05, 0.1) is 6.10 Å². The van der Waals surface area contributed by atoms with Crippen molar-refractivity contribution in [1.82, 2.24) is 10.3 Å². The molecule has 1 aliphatic rings. The van der Waals surface area contributed by atoms with Gasteiger partial charge in [0, 0.05) is 24.5 Å². The Balaban J connectivity index is 1.88. The van der Waals surface area contributed by atoms with E-state index >= 15 is 0 Å². The molecule has 0 unspecified atom stereocenters. The van der Waals surface area contributed by atoms with Crippen molar-refractivity contribution in [3.63, 3.8) is 0 Å². The minimum Gasteiger partial charge on any atom is -0.392 e. The summed E-state index contributed by atoms with van der Waals surface area (Å²) in [6, 6.07) is 4.30. The fraction of sp³-hybridized carbons (Fsp3) is 0.545. The van der Waals surface area contributed by atoms with E-state index in [1.54, 1.807) is 6.20 Å². The minimum absolute atomic E-state index is 0.146. The number of hydrogen-bond acceptors (Lipinski definition) is 3. The number of aliphatic hydroxyl groups excluding tert-OH is 1. The molecule has 14 heavy (non-hydrogen) atoms. The van der Waals surface area contributed by atoms with Gasteiger partial charge in [0.1, 0.15) is 0 Å². The lowest BCUT2D eigenvalue weighted by Crippen LogP contribution is -2.47. The number of nitrogens with zero attached hydrogens (tertiary/aromatic N) is 1. The lowest BCUT2D eigenvalue weighted by Gasteiger charge is -2.33. The summed E-state index contributed by atoms with van der Waals surface area (Å²) in [5.41, 5.74) is 2.28. The first kappa shape index (κ1) is 9.62. The van der Waals surface area contributed by atoms with Crippen molar-refractivity contribution in [1.29, 1.82) is 0 Å². The molecule has 0 bridgehead atoms. The molecule has 0 radical (unpaired) electrons. The lowest BCUT2D eigenvalue weighted by molar-refractivity contribution is 0.0492. The monoisotopic (exact) mass is 192 g/mol. The van der Waals surface area contributed by atoms with Crippen LogP contribution in [0.2, 0.25) is 0 Å². The Bertz CT molecular complexity index is 314. The van der Waals surface area contributed by atoms with Gasteiger partial charge in [-0.15, -0.1) is 0 Å². The standard InChI is InChI=1S/C11H16N2O/c1-8-9(3-2-6-12-8)7-13-10-4-5-11(10)14/h2-3,6,10-11,13-14H,4-5,7H2,1H3/t10-,11-/m1/s1. The molecule has 0 saturated heterocycles. The summed E-state index contributed by atoms with van der Waals surface area (Å²) in [4.78, 5) is 4.22. The van der Waals surface area contributed by atoms with Crippen LogP contribution < -0.4 is 5.32 Å². The third-order valence-corrected chi connectivity index (χ3v) is 2.91. The van der Waals surface area contributed by atoms with Gasteiger partial charge in [0.15, 0.2) is 0 Å². The Kier molecular flexibility index (Phi) is 2.79. The number of hydrogen-bond donors (Lipinski definition) is 2. The zero-order chi connectivity index (χ0) is 9.97. The second-order valence-electron chi connectivity index (χ2n) is 3.88. The predicted octanol–water partition coefficient (Wildman–Crippen LogP) is 1.00. The van der Waals surface area contributed by atoms with Gasteiger partial charge in [-0.1, -0.05) is 6.07 Å². The maximum absolute atomic E-state index is 9.38. The van der Waals surface area contributed by atoms with Crippen LogP contribution in [0.25, 0.3) is 0 Å². The van der Waals surface area contributed by atoms with E-state index in [0.29, 0.717) is 0 Å². The van der Waals surface area contributed by atoms with Crippen LogP contribution in [0.3, 0.4) is 0 Å². The highest BCUT2D eigenvalue weighted by atomic mass is 16.3. The van der Waals surface area contributed by atoms with E-state index in [-0.39, 0.29) is 12.1 Å². The highest BCUT2D eigenvalue weighted by Gasteiger charge is 2.27. The number of aliphatic hydroxyl groups is 1. The van der Waals surface area contributed by atoms with Crippen LogP contribution in [-0.4, -0.2) is 22.2 Å². The third-order valence-electron chi connectivity index (χ3n) is 2.91. The zero-order valence-electron chi connectivity index (χ0n) is 8.40. The SMILES string of the molecule is Cc1ncccc1CN[C@@H]1CC[C@H]1O. The van der Waals surface area contributed by atoms with Crippen LogP contribution in [0, 0.1) is 6.92 Å². The van der Waals surface area contributed by atoms with Gasteiger partial charge in [-0.25, -0.2) is 0 Å². The van der Waals surface area contributed by atoms with Crippen LogP contribution in [0.1, 0.15) is 24.1 Å². The second kappa shape index (κ2) is 4.07. The molecule has 1 aromatic rings. The maximum Gasteiger partial charge on any atom is 0.0693 e. The molecule has 3 nitrogen and oxygen atoms in total. The van der Waals surface area contributed by atoms with Crippen molar-refractivity contribution < 1.29 is 5.11 Å². The average Bonchev–Trinajstić information content (AvgIpc) is 2.19. The summed E-state index contributed by atoms with van der Waals surface area (Å²) in [5.74, 6) is 0. The third kappa shape index (κ3) is 1.94. The van der Waals surface area contributed by atoms with E-state index in [0.717, 1.165) is 25.1 Å². The molecule has 1 saturated carbocycles. The highest BCUT2D eigenvalue weighted by Crippen LogP contribution is 2.19. The Labute approximate surface area is 84.2 Å². The first-order chi connectivity index (χ1) is 6.77. The molecule has 0 amide bonds. The molecule has 0 spiro atoms. The summed E-state index contributed by atoms with van der Waals surface area (Å²) in [5, 5.41) is 12.7. The van der Waals surface area contributed by atoms with Gasteiger partial charge in [-0.2, -0.15) is 0 Å². The Hall–Kier alpha value is -0.930. The van der Waals surface area contributed by atoms with E-state index < -0.39 is 0 Å². The molecule has 1 heterocycles. The lowest BCUT2D eigenvalue weighted by atomic mass is 9.89. The number of pyridine rings is 1. The van der Waals surface area contributed by atoms with Crippen LogP contribution in [0.5, 0.6) is 0 Å². The van der Waals surface area contributed by atoms with Crippen molar-refractivity contribution in [2.24, 2.45) is 0 Å². The first-order valence-electron chi connectivity index (χ1n) is 5.09. The summed E-state index contributed by atoms with van der Waals surface area (Å²) < 4.78 is 0. The van der Waals surface area contributed by atoms with Crippen molar-refractivity contribution >= 4 is 0 Å². The Morgan fingerprint density at radius 1 is 1.57 bits per heavy atom. The molecular weight excluding hydrogens is 176 g/mol. The number of rotatable bonds is 3. The smallest absolute Gasteiger partial charge is 0.0693 e. The van der Waals surface area contributed by atoms with Crippen molar-refractivity contribution in [2.45, 2.75) is 38.5 Å². The quantitative estimate of drug-likeness (QED) is 0.751. The van der Waals surface area contributed by atoms with E-state index in [9.17, 15) is 5.11 Å². The van der Waals surface area contributed by atoms with E-state index in [2.05, 4.69) is 16.4 Å². The van der Waals surface area contributed by atoms with Gasteiger partial charge in [0.25, 0.3) is 0 Å². The molecule has 2 N–H and O–H groups in total. The average molecular weight is 192 g/mol. The molecule has 1 aromatic heterocycles. The molecule has 76 valence electrons. The van der Waals surface area contributed by atoms with Crippen molar-refractivity contribution in [3.8, 4) is 0 Å². The van der Waals surface area contributed by atoms with Gasteiger partial charge in [-0.3, -0.25) is 4.98 Å². The second-order valence-corrected chi connectivity index (χ2v) is 3.88. The predicted molar refractivity (Wildman–Crippen MR) is 54.8 cm³/mol. The van der Waals surface area contributed by atoms with Crippen molar-refractivity contribution in [2.75, 3.05) is 0 Å². The minimum atomic E-state index is -0.146. The first-order valence-corrected chi connectivity index (χ1v) is 5.09. The summed E-state index contributed by atoms with van der Waals surface area (Å²) in [7, 11) is 0. The van der Waals surface area contributed by atoms with E-state index in [1.807, 2.05) is 13.0 Å². The van der Waals surface area contributed by atoms with E-state index in [4.69, 9.17) is 0 Å².